The van der Waals surface area contributed by atoms with Crippen molar-refractivity contribution in [3.05, 3.63) is 84.3 Å². The fraction of sp³-hybridized carbons (Fsp3) is 0.320. The van der Waals surface area contributed by atoms with E-state index in [2.05, 4.69) is 34.2 Å². The van der Waals surface area contributed by atoms with Gasteiger partial charge in [-0.3, -0.25) is 9.69 Å². The Bertz CT molecular complexity index is 1150. The maximum atomic E-state index is 12.7. The molecule has 4 rings (SSSR count). The first-order chi connectivity index (χ1) is 15.9. The quantitative estimate of drug-likeness (QED) is 0.548. The number of carbonyl (C=O) groups excluding carboxylic acids is 1. The molecule has 2 aromatic carbocycles. The topological polar surface area (TPSA) is 82.9 Å². The number of furan rings is 1. The van der Waals surface area contributed by atoms with Crippen LogP contribution in [0.5, 0.6) is 0 Å². The monoisotopic (exact) mass is 467 g/mol. The van der Waals surface area contributed by atoms with Gasteiger partial charge >= 0.3 is 0 Å². The van der Waals surface area contributed by atoms with E-state index < -0.39 is 15.7 Å². The van der Waals surface area contributed by atoms with Gasteiger partial charge in [0.05, 0.1) is 16.9 Å². The summed E-state index contributed by atoms with van der Waals surface area (Å²) in [5.74, 6) is -0.628. The average molecular weight is 468 g/mol. The molecule has 2 heterocycles. The third kappa shape index (κ3) is 5.64. The van der Waals surface area contributed by atoms with Crippen molar-refractivity contribution in [1.82, 2.24) is 10.2 Å². The summed E-state index contributed by atoms with van der Waals surface area (Å²) in [6.07, 6.45) is 1.36. The molecule has 0 aliphatic carbocycles. The minimum Gasteiger partial charge on any atom is -0.459 e. The van der Waals surface area contributed by atoms with E-state index in [0.717, 1.165) is 26.2 Å². The third-order valence-corrected chi connectivity index (χ3v) is 7.70. The zero-order valence-electron chi connectivity index (χ0n) is 18.7. The molecule has 1 aromatic heterocycles. The lowest BCUT2D eigenvalue weighted by Gasteiger charge is -2.39. The van der Waals surface area contributed by atoms with Crippen LogP contribution in [0.3, 0.4) is 0 Å². The second kappa shape index (κ2) is 10.2. The van der Waals surface area contributed by atoms with Gasteiger partial charge in [0.2, 0.25) is 0 Å². The summed E-state index contributed by atoms with van der Waals surface area (Å²) in [4.78, 5) is 17.7. The van der Waals surface area contributed by atoms with Crippen molar-refractivity contribution < 1.29 is 17.6 Å². The highest BCUT2D eigenvalue weighted by molar-refractivity contribution is 7.90. The molecule has 0 bridgehead atoms. The van der Waals surface area contributed by atoms with Crippen LogP contribution in [0.25, 0.3) is 0 Å². The maximum Gasteiger partial charge on any atom is 0.287 e. The molecule has 33 heavy (non-hydrogen) atoms. The molecule has 1 amide bonds. The molecular formula is C25H29N3O4S. The number of carbonyl (C=O) groups is 1. The molecule has 0 radical (unpaired) electrons. The van der Waals surface area contributed by atoms with Gasteiger partial charge < -0.3 is 14.6 Å². The summed E-state index contributed by atoms with van der Waals surface area (Å²) < 4.78 is 30.7. The molecule has 1 saturated heterocycles. The Morgan fingerprint density at radius 2 is 1.61 bits per heavy atom. The van der Waals surface area contributed by atoms with Gasteiger partial charge in [-0.15, -0.1) is 0 Å². The van der Waals surface area contributed by atoms with Crippen molar-refractivity contribution in [2.75, 3.05) is 37.6 Å². The lowest BCUT2D eigenvalue weighted by Crippen LogP contribution is -2.52. The lowest BCUT2D eigenvalue weighted by atomic mass is 10.2. The molecule has 7 nitrogen and oxygen atoms in total. The number of nitrogens with zero attached hydrogens (tertiary/aromatic N) is 2. The van der Waals surface area contributed by atoms with E-state index in [0.29, 0.717) is 12.1 Å². The zero-order valence-corrected chi connectivity index (χ0v) is 19.5. The van der Waals surface area contributed by atoms with Crippen molar-refractivity contribution in [2.45, 2.75) is 23.6 Å². The number of piperazine rings is 1. The Labute approximate surface area is 194 Å². The van der Waals surface area contributed by atoms with Crippen LogP contribution in [0.15, 0.2) is 82.3 Å². The average Bonchev–Trinajstić information content (AvgIpc) is 3.31. The molecule has 174 valence electrons. The van der Waals surface area contributed by atoms with E-state index in [9.17, 15) is 13.2 Å². The maximum absolute atomic E-state index is 12.7. The minimum atomic E-state index is -3.57. The molecule has 8 heteroatoms. The Kier molecular flexibility index (Phi) is 7.15. The number of amides is 1. The van der Waals surface area contributed by atoms with E-state index in [1.807, 2.05) is 18.2 Å². The largest absolute Gasteiger partial charge is 0.459 e. The molecule has 0 spiro atoms. The van der Waals surface area contributed by atoms with Crippen LogP contribution in [-0.2, 0) is 15.6 Å². The van der Waals surface area contributed by atoms with Crippen molar-refractivity contribution in [3.8, 4) is 0 Å². The lowest BCUT2D eigenvalue weighted by molar-refractivity contribution is 0.0905. The SMILES string of the molecule is CC(CNC(=O)c1occc1CS(=O)(=O)c1ccccc1)N1CCN(c2ccccc2)CC1. The second-order valence-electron chi connectivity index (χ2n) is 8.26. The number of para-hydroxylation sites is 1. The van der Waals surface area contributed by atoms with Gasteiger partial charge in [0.25, 0.3) is 5.91 Å². The van der Waals surface area contributed by atoms with Crippen LogP contribution in [0, 0.1) is 0 Å². The van der Waals surface area contributed by atoms with Crippen LogP contribution in [0.4, 0.5) is 5.69 Å². The number of nitrogens with one attached hydrogen (secondary N) is 1. The van der Waals surface area contributed by atoms with Crippen molar-refractivity contribution >= 4 is 21.4 Å². The molecule has 1 aliphatic heterocycles. The normalized spacial score (nSPS) is 15.8. The van der Waals surface area contributed by atoms with Gasteiger partial charge in [0.15, 0.2) is 15.6 Å². The highest BCUT2D eigenvalue weighted by atomic mass is 32.2. The smallest absolute Gasteiger partial charge is 0.287 e. The summed E-state index contributed by atoms with van der Waals surface area (Å²) in [5, 5.41) is 2.91. The van der Waals surface area contributed by atoms with Crippen LogP contribution in [0.2, 0.25) is 0 Å². The number of anilines is 1. The Balaban J connectivity index is 1.30. The van der Waals surface area contributed by atoms with E-state index in [1.165, 1.54) is 12.0 Å². The number of benzene rings is 2. The first-order valence-electron chi connectivity index (χ1n) is 11.1. The zero-order chi connectivity index (χ0) is 23.3. The van der Waals surface area contributed by atoms with Gasteiger partial charge in [0.1, 0.15) is 0 Å². The van der Waals surface area contributed by atoms with Gasteiger partial charge in [-0.25, -0.2) is 8.42 Å². The van der Waals surface area contributed by atoms with Gasteiger partial charge in [0, 0.05) is 50.0 Å². The number of hydrogen-bond acceptors (Lipinski definition) is 6. The first kappa shape index (κ1) is 23.1. The van der Waals surface area contributed by atoms with Gasteiger partial charge in [-0.2, -0.15) is 0 Å². The minimum absolute atomic E-state index is 0.0515. The third-order valence-electron chi connectivity index (χ3n) is 6.02. The molecule has 1 aliphatic rings. The molecule has 1 fully saturated rings. The van der Waals surface area contributed by atoms with Crippen molar-refractivity contribution in [3.63, 3.8) is 0 Å². The summed E-state index contributed by atoms with van der Waals surface area (Å²) in [7, 11) is -3.57. The molecule has 1 N–H and O–H groups in total. The van der Waals surface area contributed by atoms with E-state index in [-0.39, 0.29) is 22.5 Å². The van der Waals surface area contributed by atoms with E-state index in [1.54, 1.807) is 36.4 Å². The number of rotatable bonds is 8. The fourth-order valence-electron chi connectivity index (χ4n) is 4.07. The highest BCUT2D eigenvalue weighted by Gasteiger charge is 2.25. The molecule has 1 atom stereocenters. The Hall–Kier alpha value is -3.10. The molecule has 1 unspecified atom stereocenters. The second-order valence-corrected chi connectivity index (χ2v) is 10.3. The van der Waals surface area contributed by atoms with Gasteiger partial charge in [-0.05, 0) is 37.3 Å². The van der Waals surface area contributed by atoms with Crippen molar-refractivity contribution in [1.29, 1.82) is 0 Å². The van der Waals surface area contributed by atoms with E-state index in [4.69, 9.17) is 4.42 Å². The predicted molar refractivity (Wildman–Crippen MR) is 128 cm³/mol. The van der Waals surface area contributed by atoms with Crippen LogP contribution < -0.4 is 10.2 Å². The molecular weight excluding hydrogens is 438 g/mol. The highest BCUT2D eigenvalue weighted by Crippen LogP contribution is 2.20. The Morgan fingerprint density at radius 3 is 2.27 bits per heavy atom. The first-order valence-corrected chi connectivity index (χ1v) is 12.8. The summed E-state index contributed by atoms with van der Waals surface area (Å²) in [6.45, 7) is 6.22. The summed E-state index contributed by atoms with van der Waals surface area (Å²) >= 11 is 0. The molecule has 3 aromatic rings. The fourth-order valence-corrected chi connectivity index (χ4v) is 5.45. The van der Waals surface area contributed by atoms with Crippen LogP contribution in [0.1, 0.15) is 23.0 Å². The van der Waals surface area contributed by atoms with Crippen LogP contribution in [-0.4, -0.2) is 58.0 Å². The Morgan fingerprint density at radius 1 is 0.970 bits per heavy atom. The van der Waals surface area contributed by atoms with Crippen LogP contribution >= 0.6 is 0 Å². The van der Waals surface area contributed by atoms with Gasteiger partial charge in [-0.1, -0.05) is 36.4 Å². The predicted octanol–water partition coefficient (Wildman–Crippen LogP) is 3.19. The summed E-state index contributed by atoms with van der Waals surface area (Å²) in [5.41, 5.74) is 1.59. The van der Waals surface area contributed by atoms with E-state index >= 15 is 0 Å². The number of sulfone groups is 1. The van der Waals surface area contributed by atoms with Crippen molar-refractivity contribution in [2.24, 2.45) is 0 Å². The standard InChI is InChI=1S/C25H29N3O4S/c1-20(27-13-15-28(16-14-27)22-8-4-2-5-9-22)18-26-25(29)24-21(12-17-32-24)19-33(30,31)23-10-6-3-7-11-23/h2-12,17,20H,13-16,18-19H2,1H3,(H,26,29). The number of hydrogen-bond donors (Lipinski definition) is 1. The molecule has 0 saturated carbocycles. The summed E-state index contributed by atoms with van der Waals surface area (Å²) in [6, 6.07) is 20.3.